The van der Waals surface area contributed by atoms with Gasteiger partial charge in [-0.15, -0.1) is 0 Å². The molecule has 30 heavy (non-hydrogen) atoms. The maximum Gasteiger partial charge on any atom is 0.272 e. The lowest BCUT2D eigenvalue weighted by Gasteiger charge is -2.13. The number of fused-ring (bicyclic) bond motifs is 1. The van der Waals surface area contributed by atoms with Crippen molar-refractivity contribution in [3.8, 4) is 0 Å². The Kier molecular flexibility index (Phi) is 5.77. The van der Waals surface area contributed by atoms with Crippen LogP contribution in [-0.4, -0.2) is 11.8 Å². The van der Waals surface area contributed by atoms with E-state index in [1.165, 1.54) is 12.3 Å². The molecule has 0 fully saturated rings. The predicted molar refractivity (Wildman–Crippen MR) is 121 cm³/mol. The molecule has 148 valence electrons. The summed E-state index contributed by atoms with van der Waals surface area (Å²) in [7, 11) is 0. The minimum Gasteiger partial charge on any atom is -0.465 e. The molecule has 0 radical (unpaired) electrons. The molecule has 0 aliphatic heterocycles. The fourth-order valence-electron chi connectivity index (χ4n) is 3.03. The van der Waals surface area contributed by atoms with E-state index >= 15 is 0 Å². The van der Waals surface area contributed by atoms with Crippen LogP contribution < -0.4 is 10.6 Å². The van der Waals surface area contributed by atoms with E-state index in [4.69, 9.17) is 4.42 Å². The molecule has 0 spiro atoms. The van der Waals surface area contributed by atoms with E-state index in [9.17, 15) is 9.59 Å². The van der Waals surface area contributed by atoms with Gasteiger partial charge in [0, 0.05) is 21.6 Å². The highest BCUT2D eigenvalue weighted by atomic mass is 79.9. The molecule has 4 rings (SSSR count). The van der Waals surface area contributed by atoms with Gasteiger partial charge in [-0.3, -0.25) is 9.59 Å². The first-order valence-electron chi connectivity index (χ1n) is 9.22. The minimum atomic E-state index is -0.455. The van der Waals surface area contributed by atoms with E-state index in [1.807, 2.05) is 48.5 Å². The number of hydrogen-bond donors (Lipinski definition) is 2. The second kappa shape index (κ2) is 8.80. The molecule has 4 aromatic rings. The summed E-state index contributed by atoms with van der Waals surface area (Å²) in [6, 6.07) is 23.8. The Labute approximate surface area is 181 Å². The number of carbonyl (C=O) groups excluding carboxylic acids is 2. The predicted octanol–water partition coefficient (Wildman–Crippen LogP) is 5.60. The zero-order valence-corrected chi connectivity index (χ0v) is 17.3. The molecule has 5 nitrogen and oxygen atoms in total. The molecule has 3 aromatic carbocycles. The van der Waals surface area contributed by atoms with Gasteiger partial charge in [0.05, 0.1) is 11.8 Å². The van der Waals surface area contributed by atoms with Gasteiger partial charge in [0.15, 0.2) is 0 Å². The summed E-state index contributed by atoms with van der Waals surface area (Å²) in [6.07, 6.45) is 3.00. The van der Waals surface area contributed by atoms with Crippen molar-refractivity contribution in [2.45, 2.75) is 0 Å². The van der Waals surface area contributed by atoms with Crippen LogP contribution in [0.4, 0.5) is 5.69 Å². The molecule has 0 aliphatic rings. The summed E-state index contributed by atoms with van der Waals surface area (Å²) in [5.74, 6) is -0.415. The van der Waals surface area contributed by atoms with Crippen molar-refractivity contribution < 1.29 is 14.0 Å². The smallest absolute Gasteiger partial charge is 0.272 e. The number of nitrogens with one attached hydrogen (secondary N) is 2. The fraction of sp³-hybridized carbons (Fsp3) is 0. The molecule has 2 N–H and O–H groups in total. The molecule has 6 heteroatoms. The number of hydrogen-bond acceptors (Lipinski definition) is 3. The molecule has 0 atom stereocenters. The van der Waals surface area contributed by atoms with Crippen LogP contribution in [0.15, 0.2) is 99.7 Å². The Bertz CT molecular complexity index is 1240. The highest BCUT2D eigenvalue weighted by Gasteiger charge is 2.17. The maximum atomic E-state index is 13.1. The Balaban J connectivity index is 1.65. The van der Waals surface area contributed by atoms with Gasteiger partial charge in [-0.2, -0.15) is 0 Å². The number of furan rings is 1. The Morgan fingerprint density at radius 3 is 2.43 bits per heavy atom. The van der Waals surface area contributed by atoms with Gasteiger partial charge in [0.25, 0.3) is 11.8 Å². The van der Waals surface area contributed by atoms with Crippen LogP contribution in [-0.2, 0) is 4.79 Å². The van der Waals surface area contributed by atoms with Crippen LogP contribution in [0.3, 0.4) is 0 Å². The van der Waals surface area contributed by atoms with Crippen LogP contribution in [0.2, 0.25) is 0 Å². The summed E-state index contributed by atoms with van der Waals surface area (Å²) in [5, 5.41) is 7.50. The first kappa shape index (κ1) is 19.7. The van der Waals surface area contributed by atoms with Crippen molar-refractivity contribution in [3.05, 3.63) is 107 Å². The van der Waals surface area contributed by atoms with Gasteiger partial charge in [-0.05, 0) is 51.6 Å². The lowest BCUT2D eigenvalue weighted by molar-refractivity contribution is -0.113. The van der Waals surface area contributed by atoms with E-state index in [0.717, 1.165) is 10.8 Å². The first-order chi connectivity index (χ1) is 14.6. The van der Waals surface area contributed by atoms with E-state index in [2.05, 4.69) is 26.6 Å². The maximum absolute atomic E-state index is 13.1. The number of halogens is 1. The first-order valence-corrected chi connectivity index (χ1v) is 10.0. The zero-order chi connectivity index (χ0) is 20.9. The molecule has 0 saturated heterocycles. The van der Waals surface area contributed by atoms with E-state index in [-0.39, 0.29) is 5.70 Å². The Morgan fingerprint density at radius 1 is 0.867 bits per heavy atom. The van der Waals surface area contributed by atoms with Crippen molar-refractivity contribution in [3.63, 3.8) is 0 Å². The van der Waals surface area contributed by atoms with Crippen molar-refractivity contribution in [2.75, 3.05) is 5.32 Å². The average molecular weight is 461 g/mol. The molecule has 0 aliphatic carbocycles. The topological polar surface area (TPSA) is 71.3 Å². The van der Waals surface area contributed by atoms with Gasteiger partial charge in [0.2, 0.25) is 0 Å². The van der Waals surface area contributed by atoms with Crippen molar-refractivity contribution in [1.29, 1.82) is 0 Å². The summed E-state index contributed by atoms with van der Waals surface area (Å²) in [6.45, 7) is 0. The van der Waals surface area contributed by atoms with Gasteiger partial charge in [-0.1, -0.05) is 48.5 Å². The van der Waals surface area contributed by atoms with Gasteiger partial charge in [-0.25, -0.2) is 0 Å². The zero-order valence-electron chi connectivity index (χ0n) is 15.8. The number of benzene rings is 3. The SMILES string of the molecule is O=C(Nc1cccc2ccccc12)/C(=C\c1ccco1)NC(=O)c1ccccc1Br. The summed E-state index contributed by atoms with van der Waals surface area (Å²) in [5.41, 5.74) is 1.14. The molecular formula is C24H17BrN2O3. The molecule has 1 aromatic heterocycles. The summed E-state index contributed by atoms with van der Waals surface area (Å²) < 4.78 is 5.96. The number of carbonyl (C=O) groups is 2. The van der Waals surface area contributed by atoms with Crippen LogP contribution in [0.1, 0.15) is 16.1 Å². The monoisotopic (exact) mass is 460 g/mol. The third-order valence-corrected chi connectivity index (χ3v) is 5.17. The van der Waals surface area contributed by atoms with Crippen LogP contribution in [0, 0.1) is 0 Å². The highest BCUT2D eigenvalue weighted by Crippen LogP contribution is 2.24. The van der Waals surface area contributed by atoms with Gasteiger partial charge < -0.3 is 15.1 Å². The second-order valence-electron chi connectivity index (χ2n) is 6.49. The van der Waals surface area contributed by atoms with Crippen LogP contribution in [0.25, 0.3) is 16.8 Å². The number of rotatable bonds is 5. The van der Waals surface area contributed by atoms with E-state index in [0.29, 0.717) is 21.5 Å². The second-order valence-corrected chi connectivity index (χ2v) is 7.34. The van der Waals surface area contributed by atoms with Gasteiger partial charge >= 0.3 is 0 Å². The number of anilines is 1. The molecule has 1 heterocycles. The third kappa shape index (κ3) is 4.34. The average Bonchev–Trinajstić information content (AvgIpc) is 3.27. The highest BCUT2D eigenvalue weighted by molar-refractivity contribution is 9.10. The van der Waals surface area contributed by atoms with Gasteiger partial charge in [0.1, 0.15) is 11.5 Å². The number of amides is 2. The van der Waals surface area contributed by atoms with E-state index < -0.39 is 11.8 Å². The lowest BCUT2D eigenvalue weighted by Crippen LogP contribution is -2.31. The molecule has 0 bridgehead atoms. The normalized spacial score (nSPS) is 11.3. The Hall–Kier alpha value is -3.64. The van der Waals surface area contributed by atoms with Crippen molar-refractivity contribution in [2.24, 2.45) is 0 Å². The largest absolute Gasteiger partial charge is 0.465 e. The fourth-order valence-corrected chi connectivity index (χ4v) is 3.50. The molecule has 0 saturated carbocycles. The quantitative estimate of drug-likeness (QED) is 0.380. The standard InChI is InChI=1S/C24H17BrN2O3/c25-20-12-4-3-11-19(20)23(28)27-22(15-17-9-6-14-30-17)24(29)26-21-13-5-8-16-7-1-2-10-18(16)21/h1-15H,(H,26,29)(H,27,28)/b22-15+. The molecular weight excluding hydrogens is 444 g/mol. The van der Waals surface area contributed by atoms with Crippen molar-refractivity contribution >= 4 is 50.3 Å². The third-order valence-electron chi connectivity index (χ3n) is 4.48. The summed E-state index contributed by atoms with van der Waals surface area (Å²) in [4.78, 5) is 25.9. The van der Waals surface area contributed by atoms with Crippen LogP contribution >= 0.6 is 15.9 Å². The lowest BCUT2D eigenvalue weighted by atomic mass is 10.1. The minimum absolute atomic E-state index is 0.0682. The summed E-state index contributed by atoms with van der Waals surface area (Å²) >= 11 is 3.37. The molecule has 2 amide bonds. The van der Waals surface area contributed by atoms with E-state index in [1.54, 1.807) is 30.3 Å². The van der Waals surface area contributed by atoms with Crippen LogP contribution in [0.5, 0.6) is 0 Å². The molecule has 0 unspecified atom stereocenters. The Morgan fingerprint density at radius 2 is 1.63 bits per heavy atom. The van der Waals surface area contributed by atoms with Crippen molar-refractivity contribution in [1.82, 2.24) is 5.32 Å².